The number of carboxylic acids is 1. The lowest BCUT2D eigenvalue weighted by atomic mass is 9.90. The second kappa shape index (κ2) is 7.82. The van der Waals surface area contributed by atoms with Crippen LogP contribution in [0.1, 0.15) is 33.1 Å². The van der Waals surface area contributed by atoms with Gasteiger partial charge in [-0.15, -0.1) is 0 Å². The second-order valence-electron chi connectivity index (χ2n) is 7.35. The Labute approximate surface area is 159 Å². The quantitative estimate of drug-likeness (QED) is 0.812. The number of unbranched alkanes of at least 4 members (excludes halogenated alkanes) is 1. The smallest absolute Gasteiger partial charge is 0.321 e. The van der Waals surface area contributed by atoms with Crippen molar-refractivity contribution >= 4 is 17.7 Å². The lowest BCUT2D eigenvalue weighted by Crippen LogP contribution is -2.37. The fraction of sp³-hybridized carbons (Fsp3) is 0.450. The highest BCUT2D eigenvalue weighted by molar-refractivity contribution is 5.91. The predicted octanol–water partition coefficient (Wildman–Crippen LogP) is 3.68. The highest BCUT2D eigenvalue weighted by Crippen LogP contribution is 2.30. The number of likely N-dealkylation sites (tertiary alicyclic amines) is 1. The summed E-state index contributed by atoms with van der Waals surface area (Å²) in [6.07, 6.45) is 6.40. The highest BCUT2D eigenvalue weighted by atomic mass is 16.4. The van der Waals surface area contributed by atoms with E-state index in [2.05, 4.69) is 21.8 Å². The Morgan fingerprint density at radius 3 is 2.89 bits per heavy atom. The molecule has 1 aromatic heterocycles. The monoisotopic (exact) mass is 370 g/mol. The molecule has 1 aliphatic heterocycles. The molecule has 0 radical (unpaired) electrons. The number of benzene rings is 1. The number of carbonyl (C=O) groups excluding carboxylic acids is 1. The van der Waals surface area contributed by atoms with Crippen LogP contribution in [0.25, 0.3) is 11.4 Å². The van der Waals surface area contributed by atoms with E-state index in [0.29, 0.717) is 18.7 Å². The summed E-state index contributed by atoms with van der Waals surface area (Å²) in [6.45, 7) is 5.40. The van der Waals surface area contributed by atoms with Crippen LogP contribution in [0.5, 0.6) is 0 Å². The molecule has 0 saturated carbocycles. The maximum absolute atomic E-state index is 12.5. The van der Waals surface area contributed by atoms with E-state index in [0.717, 1.165) is 30.8 Å². The average molecular weight is 370 g/mol. The molecule has 27 heavy (non-hydrogen) atoms. The fourth-order valence-electron chi connectivity index (χ4n) is 3.33. The number of aromatic nitrogens is 2. The first-order chi connectivity index (χ1) is 12.9. The molecule has 2 aromatic rings. The minimum Gasteiger partial charge on any atom is -0.481 e. The summed E-state index contributed by atoms with van der Waals surface area (Å²) in [5.41, 5.74) is 0.737. The number of aliphatic carboxylic acids is 1. The minimum atomic E-state index is -0.872. The minimum absolute atomic E-state index is 0.218. The predicted molar refractivity (Wildman–Crippen MR) is 104 cm³/mol. The molecule has 1 aromatic carbocycles. The maximum atomic E-state index is 12.5. The van der Waals surface area contributed by atoms with Crippen molar-refractivity contribution in [3.05, 3.63) is 36.7 Å². The third-order valence-electron chi connectivity index (χ3n) is 5.12. The van der Waals surface area contributed by atoms with Crippen molar-refractivity contribution in [3.8, 4) is 11.4 Å². The van der Waals surface area contributed by atoms with Gasteiger partial charge in [-0.1, -0.05) is 25.5 Å². The zero-order valence-corrected chi connectivity index (χ0v) is 15.8. The van der Waals surface area contributed by atoms with Crippen LogP contribution in [0, 0.1) is 5.41 Å². The first kappa shape index (κ1) is 18.9. The van der Waals surface area contributed by atoms with Crippen LogP contribution in [-0.2, 0) is 11.3 Å². The van der Waals surface area contributed by atoms with Gasteiger partial charge >= 0.3 is 12.0 Å². The van der Waals surface area contributed by atoms with Gasteiger partial charge in [-0.05, 0) is 31.9 Å². The van der Waals surface area contributed by atoms with E-state index in [4.69, 9.17) is 0 Å². The van der Waals surface area contributed by atoms with Crippen LogP contribution in [0.4, 0.5) is 10.5 Å². The molecule has 0 bridgehead atoms. The summed E-state index contributed by atoms with van der Waals surface area (Å²) >= 11 is 0. The van der Waals surface area contributed by atoms with Crippen molar-refractivity contribution in [2.75, 3.05) is 18.4 Å². The lowest BCUT2D eigenvalue weighted by Gasteiger charge is -2.20. The fourth-order valence-corrected chi connectivity index (χ4v) is 3.33. The first-order valence-electron chi connectivity index (χ1n) is 9.34. The van der Waals surface area contributed by atoms with Gasteiger partial charge in [0.15, 0.2) is 0 Å². The summed E-state index contributed by atoms with van der Waals surface area (Å²) in [7, 11) is 0. The van der Waals surface area contributed by atoms with Crippen LogP contribution in [-0.4, -0.2) is 44.6 Å². The molecule has 0 spiro atoms. The maximum Gasteiger partial charge on any atom is 0.321 e. The Balaban J connectivity index is 1.71. The number of aryl methyl sites for hydroxylation is 1. The summed E-state index contributed by atoms with van der Waals surface area (Å²) in [6, 6.07) is 7.31. The van der Waals surface area contributed by atoms with Crippen molar-refractivity contribution in [1.29, 1.82) is 0 Å². The van der Waals surface area contributed by atoms with Gasteiger partial charge in [-0.3, -0.25) is 4.79 Å². The van der Waals surface area contributed by atoms with Crippen molar-refractivity contribution in [2.24, 2.45) is 5.41 Å². The molecular formula is C20H26N4O3. The summed E-state index contributed by atoms with van der Waals surface area (Å²) in [5.74, 6) is 0.0119. The van der Waals surface area contributed by atoms with Crippen LogP contribution in [0.2, 0.25) is 0 Å². The number of rotatable bonds is 6. The summed E-state index contributed by atoms with van der Waals surface area (Å²) < 4.78 is 2.11. The number of nitrogens with zero attached hydrogens (tertiary/aromatic N) is 3. The largest absolute Gasteiger partial charge is 0.481 e. The molecule has 7 heteroatoms. The summed E-state index contributed by atoms with van der Waals surface area (Å²) in [5, 5.41) is 12.2. The molecule has 1 saturated heterocycles. The molecule has 2 heterocycles. The molecule has 1 fully saturated rings. The van der Waals surface area contributed by atoms with Gasteiger partial charge in [-0.2, -0.15) is 0 Å². The number of amides is 2. The zero-order chi connectivity index (χ0) is 19.4. The van der Waals surface area contributed by atoms with Crippen LogP contribution in [0.3, 0.4) is 0 Å². The SMILES string of the molecule is CCCCn1ccnc1-c1cccc(NC(=O)N2CCC(C)(C(=O)O)C2)c1. The zero-order valence-electron chi connectivity index (χ0n) is 15.8. The molecule has 1 aliphatic rings. The number of urea groups is 1. The van der Waals surface area contributed by atoms with Gasteiger partial charge in [0.2, 0.25) is 0 Å². The molecule has 7 nitrogen and oxygen atoms in total. The Hall–Kier alpha value is -2.83. The standard InChI is InChI=1S/C20H26N4O3/c1-3-4-10-23-12-9-21-17(23)15-6-5-7-16(13-15)22-19(27)24-11-8-20(2,14-24)18(25)26/h5-7,9,12-13H,3-4,8,10-11,14H2,1-2H3,(H,22,27)(H,25,26). The van der Waals surface area contributed by atoms with E-state index in [9.17, 15) is 14.7 Å². The lowest BCUT2D eigenvalue weighted by molar-refractivity contribution is -0.146. The molecule has 1 unspecified atom stereocenters. The number of hydrogen-bond donors (Lipinski definition) is 2. The van der Waals surface area contributed by atoms with E-state index in [1.807, 2.05) is 30.5 Å². The molecule has 144 valence electrons. The number of nitrogens with one attached hydrogen (secondary N) is 1. The van der Waals surface area contributed by atoms with Crippen LogP contribution >= 0.6 is 0 Å². The molecule has 0 aliphatic carbocycles. The van der Waals surface area contributed by atoms with Gasteiger partial charge < -0.3 is 19.9 Å². The van der Waals surface area contributed by atoms with E-state index >= 15 is 0 Å². The van der Waals surface area contributed by atoms with E-state index in [1.54, 1.807) is 18.0 Å². The molecule has 2 N–H and O–H groups in total. The third kappa shape index (κ3) is 4.13. The van der Waals surface area contributed by atoms with Crippen molar-refractivity contribution in [3.63, 3.8) is 0 Å². The molecule has 3 rings (SSSR count). The normalized spacial score (nSPS) is 19.3. The van der Waals surface area contributed by atoms with E-state index in [-0.39, 0.29) is 12.6 Å². The van der Waals surface area contributed by atoms with Gasteiger partial charge in [0.25, 0.3) is 0 Å². The highest BCUT2D eigenvalue weighted by Gasteiger charge is 2.42. The average Bonchev–Trinajstić information content (AvgIpc) is 3.27. The Kier molecular flexibility index (Phi) is 5.48. The molecule has 2 amide bonds. The number of anilines is 1. The second-order valence-corrected chi connectivity index (χ2v) is 7.35. The topological polar surface area (TPSA) is 87.5 Å². The third-order valence-corrected chi connectivity index (χ3v) is 5.12. The van der Waals surface area contributed by atoms with Crippen LogP contribution < -0.4 is 5.32 Å². The van der Waals surface area contributed by atoms with Crippen molar-refractivity contribution in [1.82, 2.24) is 14.5 Å². The number of carboxylic acid groups (broad SMARTS) is 1. The molecule has 1 atom stereocenters. The van der Waals surface area contributed by atoms with Crippen molar-refractivity contribution in [2.45, 2.75) is 39.7 Å². The number of hydrogen-bond acceptors (Lipinski definition) is 3. The number of carbonyl (C=O) groups is 2. The Morgan fingerprint density at radius 2 is 2.19 bits per heavy atom. The van der Waals surface area contributed by atoms with Gasteiger partial charge in [0, 0.05) is 43.3 Å². The van der Waals surface area contributed by atoms with Crippen molar-refractivity contribution < 1.29 is 14.7 Å². The molecular weight excluding hydrogens is 344 g/mol. The van der Waals surface area contributed by atoms with Gasteiger partial charge in [-0.25, -0.2) is 9.78 Å². The van der Waals surface area contributed by atoms with Crippen LogP contribution in [0.15, 0.2) is 36.7 Å². The Morgan fingerprint density at radius 1 is 1.37 bits per heavy atom. The van der Waals surface area contributed by atoms with E-state index in [1.165, 1.54) is 0 Å². The Bertz CT molecular complexity index is 832. The van der Waals surface area contributed by atoms with Gasteiger partial charge in [0.05, 0.1) is 5.41 Å². The first-order valence-corrected chi connectivity index (χ1v) is 9.34. The number of imidazole rings is 1. The summed E-state index contributed by atoms with van der Waals surface area (Å²) in [4.78, 5) is 29.9. The van der Waals surface area contributed by atoms with Gasteiger partial charge in [0.1, 0.15) is 5.82 Å². The van der Waals surface area contributed by atoms with E-state index < -0.39 is 11.4 Å².